The van der Waals surface area contributed by atoms with E-state index in [1.165, 1.54) is 0 Å². The average Bonchev–Trinajstić information content (AvgIpc) is 1.94. The van der Waals surface area contributed by atoms with Crippen LogP contribution in [-0.2, 0) is 9.53 Å². The molecule has 84 valence electrons. The SMILES string of the molecule is C[C@H](N)CCCCC(=O)OC(C)(C)C. The van der Waals surface area contributed by atoms with Gasteiger partial charge in [-0.25, -0.2) is 0 Å². The molecule has 1 atom stereocenters. The zero-order valence-corrected chi connectivity index (χ0v) is 9.80. The zero-order chi connectivity index (χ0) is 11.2. The lowest BCUT2D eigenvalue weighted by Gasteiger charge is -2.19. The molecule has 3 heteroatoms. The van der Waals surface area contributed by atoms with Gasteiger partial charge in [0.25, 0.3) is 0 Å². The number of carbonyl (C=O) groups excluding carboxylic acids is 1. The van der Waals surface area contributed by atoms with Crippen LogP contribution in [0.4, 0.5) is 0 Å². The van der Waals surface area contributed by atoms with Crippen molar-refractivity contribution in [2.45, 2.75) is 65.0 Å². The van der Waals surface area contributed by atoms with Crippen LogP contribution in [0, 0.1) is 0 Å². The number of esters is 1. The summed E-state index contributed by atoms with van der Waals surface area (Å²) in [5, 5.41) is 0. The standard InChI is InChI=1S/C11H23NO2/c1-9(12)7-5-6-8-10(13)14-11(2,3)4/h9H,5-8,12H2,1-4H3/t9-/m0/s1. The largest absolute Gasteiger partial charge is 0.460 e. The van der Waals surface area contributed by atoms with E-state index in [1.807, 2.05) is 27.7 Å². The van der Waals surface area contributed by atoms with Gasteiger partial charge in [0, 0.05) is 12.5 Å². The summed E-state index contributed by atoms with van der Waals surface area (Å²) in [6.07, 6.45) is 3.35. The van der Waals surface area contributed by atoms with Crippen molar-refractivity contribution in [1.29, 1.82) is 0 Å². The normalized spacial score (nSPS) is 13.8. The molecule has 3 nitrogen and oxygen atoms in total. The highest BCUT2D eigenvalue weighted by molar-refractivity contribution is 5.69. The Balaban J connectivity index is 3.46. The first-order chi connectivity index (χ1) is 6.31. The molecule has 0 saturated carbocycles. The van der Waals surface area contributed by atoms with Crippen molar-refractivity contribution >= 4 is 5.97 Å². The molecular formula is C11H23NO2. The van der Waals surface area contributed by atoms with Crippen LogP contribution in [0.5, 0.6) is 0 Å². The van der Waals surface area contributed by atoms with Crippen LogP contribution in [0.1, 0.15) is 53.4 Å². The third-order valence-electron chi connectivity index (χ3n) is 1.71. The molecule has 0 bridgehead atoms. The highest BCUT2D eigenvalue weighted by Gasteiger charge is 2.15. The Morgan fingerprint density at radius 3 is 2.36 bits per heavy atom. The number of hydrogen-bond acceptors (Lipinski definition) is 3. The number of nitrogens with two attached hydrogens (primary N) is 1. The molecule has 0 aromatic rings. The van der Waals surface area contributed by atoms with Crippen LogP contribution < -0.4 is 5.73 Å². The minimum Gasteiger partial charge on any atom is -0.460 e. The van der Waals surface area contributed by atoms with Crippen molar-refractivity contribution in [2.24, 2.45) is 5.73 Å². The lowest BCUT2D eigenvalue weighted by atomic mass is 10.1. The van der Waals surface area contributed by atoms with Crippen LogP contribution >= 0.6 is 0 Å². The van der Waals surface area contributed by atoms with Crippen molar-refractivity contribution in [3.63, 3.8) is 0 Å². The van der Waals surface area contributed by atoms with Gasteiger partial charge in [0.05, 0.1) is 0 Å². The van der Waals surface area contributed by atoms with Crippen molar-refractivity contribution in [3.05, 3.63) is 0 Å². The maximum absolute atomic E-state index is 11.2. The van der Waals surface area contributed by atoms with Gasteiger partial charge in [0.2, 0.25) is 0 Å². The second kappa shape index (κ2) is 6.02. The van der Waals surface area contributed by atoms with Crippen molar-refractivity contribution in [2.75, 3.05) is 0 Å². The lowest BCUT2D eigenvalue weighted by molar-refractivity contribution is -0.154. The zero-order valence-electron chi connectivity index (χ0n) is 9.80. The van der Waals surface area contributed by atoms with Gasteiger partial charge in [-0.15, -0.1) is 0 Å². The highest BCUT2D eigenvalue weighted by atomic mass is 16.6. The Morgan fingerprint density at radius 1 is 1.36 bits per heavy atom. The topological polar surface area (TPSA) is 52.3 Å². The number of ether oxygens (including phenoxy) is 1. The molecule has 0 aliphatic rings. The highest BCUT2D eigenvalue weighted by Crippen LogP contribution is 2.10. The molecule has 0 aliphatic heterocycles. The molecule has 0 unspecified atom stereocenters. The van der Waals surface area contributed by atoms with Crippen LogP contribution in [0.3, 0.4) is 0 Å². The molecule has 0 aromatic carbocycles. The van der Waals surface area contributed by atoms with E-state index in [0.29, 0.717) is 6.42 Å². The Kier molecular flexibility index (Phi) is 5.77. The summed E-state index contributed by atoms with van der Waals surface area (Å²) in [6.45, 7) is 7.63. The smallest absolute Gasteiger partial charge is 0.306 e. The van der Waals surface area contributed by atoms with E-state index in [1.54, 1.807) is 0 Å². The fourth-order valence-electron chi connectivity index (χ4n) is 1.13. The first-order valence-electron chi connectivity index (χ1n) is 5.28. The number of carbonyl (C=O) groups is 1. The Bertz CT molecular complexity index is 171. The van der Waals surface area contributed by atoms with Crippen molar-refractivity contribution < 1.29 is 9.53 Å². The average molecular weight is 201 g/mol. The Hall–Kier alpha value is -0.570. The first kappa shape index (κ1) is 13.4. The fraction of sp³-hybridized carbons (Fsp3) is 0.909. The summed E-state index contributed by atoms with van der Waals surface area (Å²) in [5.74, 6) is -0.109. The van der Waals surface area contributed by atoms with Gasteiger partial charge in [0.15, 0.2) is 0 Å². The maximum atomic E-state index is 11.2. The molecule has 0 amide bonds. The van der Waals surface area contributed by atoms with Gasteiger partial charge >= 0.3 is 5.97 Å². The Morgan fingerprint density at radius 2 is 1.93 bits per heavy atom. The van der Waals surface area contributed by atoms with E-state index < -0.39 is 0 Å². The quantitative estimate of drug-likeness (QED) is 0.548. The molecule has 0 aromatic heterocycles. The molecule has 0 heterocycles. The number of rotatable bonds is 5. The summed E-state index contributed by atoms with van der Waals surface area (Å²) in [5.41, 5.74) is 5.23. The maximum Gasteiger partial charge on any atom is 0.306 e. The van der Waals surface area contributed by atoms with Crippen molar-refractivity contribution in [1.82, 2.24) is 0 Å². The summed E-state index contributed by atoms with van der Waals surface area (Å²) in [7, 11) is 0. The molecule has 0 aliphatic carbocycles. The van der Waals surface area contributed by atoms with Crippen LogP contribution in [-0.4, -0.2) is 17.6 Å². The second-order valence-electron chi connectivity index (χ2n) is 4.81. The lowest BCUT2D eigenvalue weighted by Crippen LogP contribution is -2.23. The summed E-state index contributed by atoms with van der Waals surface area (Å²) < 4.78 is 5.17. The predicted octanol–water partition coefficient (Wildman–Crippen LogP) is 2.24. The van der Waals surface area contributed by atoms with E-state index in [-0.39, 0.29) is 17.6 Å². The number of hydrogen-bond donors (Lipinski definition) is 1. The number of unbranched alkanes of at least 4 members (excludes halogenated alkanes) is 1. The van der Waals surface area contributed by atoms with Crippen LogP contribution in [0.15, 0.2) is 0 Å². The van der Waals surface area contributed by atoms with E-state index in [4.69, 9.17) is 10.5 Å². The van der Waals surface area contributed by atoms with Crippen LogP contribution in [0.2, 0.25) is 0 Å². The van der Waals surface area contributed by atoms with Gasteiger partial charge in [-0.1, -0.05) is 6.42 Å². The van der Waals surface area contributed by atoms with Gasteiger partial charge in [0.1, 0.15) is 5.60 Å². The second-order valence-corrected chi connectivity index (χ2v) is 4.81. The molecule has 0 radical (unpaired) electrons. The summed E-state index contributed by atoms with van der Waals surface area (Å²) >= 11 is 0. The molecule has 0 spiro atoms. The minimum atomic E-state index is -0.363. The van der Waals surface area contributed by atoms with Crippen molar-refractivity contribution in [3.8, 4) is 0 Å². The Labute approximate surface area is 87.0 Å². The molecular weight excluding hydrogens is 178 g/mol. The van der Waals surface area contributed by atoms with Crippen LogP contribution in [0.25, 0.3) is 0 Å². The fourth-order valence-corrected chi connectivity index (χ4v) is 1.13. The monoisotopic (exact) mass is 201 g/mol. The van der Waals surface area contributed by atoms with E-state index in [9.17, 15) is 4.79 Å². The predicted molar refractivity (Wildman–Crippen MR) is 58.0 cm³/mol. The van der Waals surface area contributed by atoms with Gasteiger partial charge in [-0.3, -0.25) is 4.79 Å². The van der Waals surface area contributed by atoms with Gasteiger partial charge < -0.3 is 10.5 Å². The molecule has 0 fully saturated rings. The first-order valence-corrected chi connectivity index (χ1v) is 5.28. The molecule has 14 heavy (non-hydrogen) atoms. The van der Waals surface area contributed by atoms with E-state index in [0.717, 1.165) is 19.3 Å². The summed E-state index contributed by atoms with van der Waals surface area (Å²) in [6, 6.07) is 0.230. The van der Waals surface area contributed by atoms with Gasteiger partial charge in [-0.2, -0.15) is 0 Å². The summed E-state index contributed by atoms with van der Waals surface area (Å²) in [4.78, 5) is 11.2. The molecule has 0 saturated heterocycles. The van der Waals surface area contributed by atoms with E-state index in [2.05, 4.69) is 0 Å². The molecule has 2 N–H and O–H groups in total. The van der Waals surface area contributed by atoms with Gasteiger partial charge in [-0.05, 0) is 40.5 Å². The third kappa shape index (κ3) is 9.52. The minimum absolute atomic E-state index is 0.109. The van der Waals surface area contributed by atoms with E-state index >= 15 is 0 Å². The third-order valence-corrected chi connectivity index (χ3v) is 1.71. The molecule has 0 rings (SSSR count).